The van der Waals surface area contributed by atoms with Crippen LogP contribution in [0.15, 0.2) is 11.4 Å². The normalized spacial score (nSPS) is 16.0. The zero-order valence-electron chi connectivity index (χ0n) is 7.38. The van der Waals surface area contributed by atoms with Gasteiger partial charge in [0, 0.05) is 10.9 Å². The molecule has 0 fully saturated rings. The predicted octanol–water partition coefficient (Wildman–Crippen LogP) is 3.45. The van der Waals surface area contributed by atoms with E-state index in [0.29, 0.717) is 5.92 Å². The molecule has 0 aromatic carbocycles. The molecule has 0 radical (unpaired) electrons. The molecule has 2 atom stereocenters. The Hall–Kier alpha value is -0.0500. The van der Waals surface area contributed by atoms with Gasteiger partial charge in [0.25, 0.3) is 0 Å². The van der Waals surface area contributed by atoms with Crippen LogP contribution >= 0.6 is 22.9 Å². The summed E-state index contributed by atoms with van der Waals surface area (Å²) in [5, 5.41) is 2.80. The molecular formula is C9H14ClNS. The third-order valence-corrected chi connectivity index (χ3v) is 3.66. The van der Waals surface area contributed by atoms with Gasteiger partial charge in [-0.15, -0.1) is 11.3 Å². The first kappa shape index (κ1) is 10.0. The van der Waals surface area contributed by atoms with Gasteiger partial charge < -0.3 is 5.73 Å². The smallest absolute Gasteiger partial charge is 0.0561 e. The molecule has 0 saturated carbocycles. The summed E-state index contributed by atoms with van der Waals surface area (Å²) in [6, 6.07) is 2.01. The lowest BCUT2D eigenvalue weighted by Gasteiger charge is -2.16. The summed E-state index contributed by atoms with van der Waals surface area (Å²) < 4.78 is 0. The van der Waals surface area contributed by atoms with E-state index in [1.165, 1.54) is 0 Å². The topological polar surface area (TPSA) is 26.0 Å². The van der Waals surface area contributed by atoms with E-state index in [4.69, 9.17) is 17.3 Å². The lowest BCUT2D eigenvalue weighted by atomic mass is 9.99. The molecule has 0 aliphatic heterocycles. The van der Waals surface area contributed by atoms with Crippen LogP contribution in [0.2, 0.25) is 5.02 Å². The molecule has 0 bridgehead atoms. The Bertz CT molecular complexity index is 246. The van der Waals surface area contributed by atoms with E-state index >= 15 is 0 Å². The molecule has 1 heterocycles. The molecule has 68 valence electrons. The first-order valence-electron chi connectivity index (χ1n) is 4.15. The summed E-state index contributed by atoms with van der Waals surface area (Å²) in [4.78, 5) is 1.12. The highest BCUT2D eigenvalue weighted by Gasteiger charge is 2.16. The Morgan fingerprint density at radius 1 is 1.67 bits per heavy atom. The maximum absolute atomic E-state index is 6.02. The van der Waals surface area contributed by atoms with Crippen molar-refractivity contribution >= 4 is 22.9 Å². The van der Waals surface area contributed by atoms with Crippen LogP contribution in [0.1, 0.15) is 31.2 Å². The van der Waals surface area contributed by atoms with Crippen LogP contribution < -0.4 is 5.73 Å². The highest BCUT2D eigenvalue weighted by molar-refractivity contribution is 7.10. The van der Waals surface area contributed by atoms with Crippen molar-refractivity contribution in [3.63, 3.8) is 0 Å². The molecule has 1 aromatic heterocycles. The van der Waals surface area contributed by atoms with Crippen LogP contribution in [0.3, 0.4) is 0 Å². The Morgan fingerprint density at radius 3 is 2.75 bits per heavy atom. The van der Waals surface area contributed by atoms with Crippen LogP contribution in [0.4, 0.5) is 0 Å². The molecule has 0 amide bonds. The number of halogens is 1. The van der Waals surface area contributed by atoms with Crippen molar-refractivity contribution in [2.24, 2.45) is 11.7 Å². The van der Waals surface area contributed by atoms with Crippen LogP contribution in [-0.2, 0) is 0 Å². The fraction of sp³-hybridized carbons (Fsp3) is 0.556. The number of hydrogen-bond donors (Lipinski definition) is 1. The van der Waals surface area contributed by atoms with Gasteiger partial charge in [-0.3, -0.25) is 0 Å². The van der Waals surface area contributed by atoms with Crippen LogP contribution in [0.5, 0.6) is 0 Å². The molecule has 2 N–H and O–H groups in total. The average Bonchev–Trinajstić information content (AvgIpc) is 2.48. The Balaban J connectivity index is 2.77. The van der Waals surface area contributed by atoms with Crippen molar-refractivity contribution < 1.29 is 0 Å². The molecule has 0 aliphatic carbocycles. The summed E-state index contributed by atoms with van der Waals surface area (Å²) in [6.45, 7) is 4.30. The molecule has 3 heteroatoms. The summed E-state index contributed by atoms with van der Waals surface area (Å²) in [6.07, 6.45) is 1.09. The van der Waals surface area contributed by atoms with Crippen molar-refractivity contribution in [1.82, 2.24) is 0 Å². The van der Waals surface area contributed by atoms with Crippen molar-refractivity contribution in [2.75, 3.05) is 0 Å². The number of nitrogens with two attached hydrogens (primary N) is 1. The van der Waals surface area contributed by atoms with Gasteiger partial charge in [0.15, 0.2) is 0 Å². The molecule has 1 aromatic rings. The van der Waals surface area contributed by atoms with Gasteiger partial charge in [0.1, 0.15) is 0 Å². The molecule has 0 aliphatic rings. The summed E-state index contributed by atoms with van der Waals surface area (Å²) >= 11 is 7.61. The maximum atomic E-state index is 6.02. The Kier molecular flexibility index (Phi) is 3.56. The highest BCUT2D eigenvalue weighted by atomic mass is 35.5. The average molecular weight is 204 g/mol. The van der Waals surface area contributed by atoms with Gasteiger partial charge in [-0.25, -0.2) is 0 Å². The third-order valence-electron chi connectivity index (χ3n) is 2.20. The molecule has 1 nitrogen and oxygen atoms in total. The SMILES string of the molecule is CCC(C)C(N)c1sccc1Cl. The van der Waals surface area contributed by atoms with Gasteiger partial charge in [-0.2, -0.15) is 0 Å². The minimum absolute atomic E-state index is 0.0995. The Morgan fingerprint density at radius 2 is 2.33 bits per heavy atom. The van der Waals surface area contributed by atoms with Crippen molar-refractivity contribution in [3.05, 3.63) is 21.3 Å². The van der Waals surface area contributed by atoms with E-state index in [9.17, 15) is 0 Å². The molecule has 12 heavy (non-hydrogen) atoms. The second-order valence-corrected chi connectivity index (χ2v) is 4.40. The monoisotopic (exact) mass is 203 g/mol. The van der Waals surface area contributed by atoms with Gasteiger partial charge >= 0.3 is 0 Å². The molecule has 1 rings (SSSR count). The largest absolute Gasteiger partial charge is 0.323 e. The zero-order valence-corrected chi connectivity index (χ0v) is 8.95. The van der Waals surface area contributed by atoms with Gasteiger partial charge in [-0.1, -0.05) is 31.9 Å². The number of rotatable bonds is 3. The number of hydrogen-bond acceptors (Lipinski definition) is 2. The zero-order chi connectivity index (χ0) is 9.14. The molecular weight excluding hydrogens is 190 g/mol. The van der Waals surface area contributed by atoms with Gasteiger partial charge in [0.05, 0.1) is 5.02 Å². The third kappa shape index (κ3) is 2.00. The van der Waals surface area contributed by atoms with E-state index < -0.39 is 0 Å². The van der Waals surface area contributed by atoms with E-state index in [0.717, 1.165) is 16.3 Å². The van der Waals surface area contributed by atoms with Crippen molar-refractivity contribution in [2.45, 2.75) is 26.3 Å². The fourth-order valence-corrected chi connectivity index (χ4v) is 2.37. The Labute approximate surface area is 82.5 Å². The lowest BCUT2D eigenvalue weighted by molar-refractivity contribution is 0.462. The minimum atomic E-state index is 0.0995. The second-order valence-electron chi connectivity index (χ2n) is 3.04. The summed E-state index contributed by atoms with van der Waals surface area (Å²) in [5.41, 5.74) is 6.02. The first-order valence-corrected chi connectivity index (χ1v) is 5.41. The van der Waals surface area contributed by atoms with Gasteiger partial charge in [0.2, 0.25) is 0 Å². The maximum Gasteiger partial charge on any atom is 0.0561 e. The van der Waals surface area contributed by atoms with E-state index in [1.807, 2.05) is 11.4 Å². The minimum Gasteiger partial charge on any atom is -0.323 e. The summed E-state index contributed by atoms with van der Waals surface area (Å²) in [5.74, 6) is 0.501. The highest BCUT2D eigenvalue weighted by Crippen LogP contribution is 2.32. The van der Waals surface area contributed by atoms with Crippen LogP contribution in [0, 0.1) is 5.92 Å². The molecule has 2 unspecified atom stereocenters. The number of thiophene rings is 1. The molecule has 0 spiro atoms. The standard InChI is InChI=1S/C9H14ClNS/c1-3-6(2)8(11)9-7(10)4-5-12-9/h4-6,8H,3,11H2,1-2H3. The molecule has 0 saturated heterocycles. The van der Waals surface area contributed by atoms with E-state index in [2.05, 4.69) is 13.8 Å². The lowest BCUT2D eigenvalue weighted by Crippen LogP contribution is -2.17. The second kappa shape index (κ2) is 4.26. The quantitative estimate of drug-likeness (QED) is 0.800. The van der Waals surface area contributed by atoms with Crippen molar-refractivity contribution in [1.29, 1.82) is 0 Å². The fourth-order valence-electron chi connectivity index (χ4n) is 1.06. The van der Waals surface area contributed by atoms with Crippen molar-refractivity contribution in [3.8, 4) is 0 Å². The van der Waals surface area contributed by atoms with E-state index in [-0.39, 0.29) is 6.04 Å². The summed E-state index contributed by atoms with van der Waals surface area (Å²) in [7, 11) is 0. The predicted molar refractivity (Wildman–Crippen MR) is 55.7 cm³/mol. The van der Waals surface area contributed by atoms with E-state index in [1.54, 1.807) is 11.3 Å². The van der Waals surface area contributed by atoms with Gasteiger partial charge in [-0.05, 0) is 17.4 Å². The first-order chi connectivity index (χ1) is 5.66. The van der Waals surface area contributed by atoms with Crippen LogP contribution in [-0.4, -0.2) is 0 Å². The van der Waals surface area contributed by atoms with Crippen LogP contribution in [0.25, 0.3) is 0 Å².